The standard InChI is InChI=1S/C23H30FN3O3S/c1-26(2)21-11-7-18(8-12-21)5-3-15-25-23(28)19-6-4-16-27(17-19)31(29,30)22-13-9-20(24)10-14-22/h7-14,19H,3-6,15-17H2,1-2H3,(H,25,28). The fourth-order valence-corrected chi connectivity index (χ4v) is 5.26. The Labute approximate surface area is 184 Å². The Morgan fingerprint density at radius 3 is 2.45 bits per heavy atom. The van der Waals surface area contributed by atoms with Gasteiger partial charge in [0.05, 0.1) is 10.8 Å². The molecule has 1 N–H and O–H groups in total. The number of benzene rings is 2. The largest absolute Gasteiger partial charge is 0.378 e. The summed E-state index contributed by atoms with van der Waals surface area (Å²) in [6.07, 6.45) is 2.96. The van der Waals surface area contributed by atoms with E-state index >= 15 is 0 Å². The molecule has 1 atom stereocenters. The first-order chi connectivity index (χ1) is 14.8. The second-order valence-corrected chi connectivity index (χ2v) is 10.0. The summed E-state index contributed by atoms with van der Waals surface area (Å²) in [5, 5.41) is 2.95. The van der Waals surface area contributed by atoms with E-state index in [0.29, 0.717) is 25.9 Å². The number of carbonyl (C=O) groups excluding carboxylic acids is 1. The molecule has 1 heterocycles. The lowest BCUT2D eigenvalue weighted by atomic mass is 9.99. The van der Waals surface area contributed by atoms with Gasteiger partial charge in [0.1, 0.15) is 5.82 Å². The van der Waals surface area contributed by atoms with Gasteiger partial charge in [-0.2, -0.15) is 4.31 Å². The average molecular weight is 448 g/mol. The Hall–Kier alpha value is -2.45. The molecule has 0 saturated carbocycles. The van der Waals surface area contributed by atoms with E-state index in [1.54, 1.807) is 0 Å². The molecule has 1 amide bonds. The summed E-state index contributed by atoms with van der Waals surface area (Å²) < 4.78 is 40.1. The van der Waals surface area contributed by atoms with Crippen molar-refractivity contribution in [2.75, 3.05) is 38.6 Å². The summed E-state index contributed by atoms with van der Waals surface area (Å²) in [6, 6.07) is 13.1. The van der Waals surface area contributed by atoms with Gasteiger partial charge >= 0.3 is 0 Å². The monoisotopic (exact) mass is 447 g/mol. The first kappa shape index (κ1) is 23.2. The minimum atomic E-state index is -3.73. The molecular formula is C23H30FN3O3S. The van der Waals surface area contributed by atoms with E-state index in [-0.39, 0.29) is 23.3 Å². The molecule has 1 fully saturated rings. The molecule has 168 valence electrons. The summed E-state index contributed by atoms with van der Waals surface area (Å²) in [4.78, 5) is 14.7. The van der Waals surface area contributed by atoms with Gasteiger partial charge < -0.3 is 10.2 Å². The number of nitrogens with zero attached hydrogens (tertiary/aromatic N) is 2. The second kappa shape index (κ2) is 10.2. The number of amides is 1. The van der Waals surface area contributed by atoms with Crippen molar-refractivity contribution in [2.24, 2.45) is 5.92 Å². The number of anilines is 1. The Balaban J connectivity index is 1.48. The molecule has 2 aromatic carbocycles. The molecule has 1 aliphatic heterocycles. The molecule has 0 bridgehead atoms. The zero-order valence-electron chi connectivity index (χ0n) is 18.1. The third kappa shape index (κ3) is 6.04. The van der Waals surface area contributed by atoms with Crippen molar-refractivity contribution in [3.8, 4) is 0 Å². The third-order valence-corrected chi connectivity index (χ3v) is 7.48. The first-order valence-corrected chi connectivity index (χ1v) is 12.0. The third-order valence-electron chi connectivity index (χ3n) is 5.60. The fourth-order valence-electron chi connectivity index (χ4n) is 3.74. The molecule has 31 heavy (non-hydrogen) atoms. The van der Waals surface area contributed by atoms with Gasteiger partial charge in [0.2, 0.25) is 15.9 Å². The zero-order valence-corrected chi connectivity index (χ0v) is 18.9. The highest BCUT2D eigenvalue weighted by atomic mass is 32.2. The zero-order chi connectivity index (χ0) is 22.4. The maximum Gasteiger partial charge on any atom is 0.243 e. The van der Waals surface area contributed by atoms with Crippen molar-refractivity contribution in [3.63, 3.8) is 0 Å². The van der Waals surface area contributed by atoms with Crippen LogP contribution in [0.3, 0.4) is 0 Å². The summed E-state index contributed by atoms with van der Waals surface area (Å²) in [7, 11) is 0.271. The minimum absolute atomic E-state index is 0.0512. The molecular weight excluding hydrogens is 417 g/mol. The maximum absolute atomic E-state index is 13.1. The number of sulfonamides is 1. The molecule has 0 aliphatic carbocycles. The highest BCUT2D eigenvalue weighted by molar-refractivity contribution is 7.89. The van der Waals surface area contributed by atoms with Crippen LogP contribution in [0.2, 0.25) is 0 Å². The van der Waals surface area contributed by atoms with Crippen LogP contribution in [0.1, 0.15) is 24.8 Å². The highest BCUT2D eigenvalue weighted by Crippen LogP contribution is 2.24. The average Bonchev–Trinajstić information content (AvgIpc) is 2.77. The van der Waals surface area contributed by atoms with Crippen LogP contribution in [-0.4, -0.2) is 52.4 Å². The van der Waals surface area contributed by atoms with E-state index in [1.165, 1.54) is 22.0 Å². The van der Waals surface area contributed by atoms with E-state index in [9.17, 15) is 17.6 Å². The highest BCUT2D eigenvalue weighted by Gasteiger charge is 2.33. The van der Waals surface area contributed by atoms with Crippen LogP contribution >= 0.6 is 0 Å². The van der Waals surface area contributed by atoms with Crippen LogP contribution in [0.5, 0.6) is 0 Å². The Kier molecular flexibility index (Phi) is 7.67. The SMILES string of the molecule is CN(C)c1ccc(CCCNC(=O)C2CCCN(S(=O)(=O)c3ccc(F)cc3)C2)cc1. The predicted molar refractivity (Wildman–Crippen MR) is 120 cm³/mol. The lowest BCUT2D eigenvalue weighted by Crippen LogP contribution is -2.45. The number of rotatable bonds is 8. The van der Waals surface area contributed by atoms with E-state index in [4.69, 9.17) is 0 Å². The number of aryl methyl sites for hydroxylation is 1. The molecule has 2 aromatic rings. The molecule has 0 aromatic heterocycles. The van der Waals surface area contributed by atoms with Gasteiger partial charge in [0, 0.05) is 39.4 Å². The van der Waals surface area contributed by atoms with Gasteiger partial charge in [-0.3, -0.25) is 4.79 Å². The number of hydrogen-bond donors (Lipinski definition) is 1. The van der Waals surface area contributed by atoms with Gasteiger partial charge in [0.15, 0.2) is 0 Å². The Bertz CT molecular complexity index is 976. The number of halogens is 1. The van der Waals surface area contributed by atoms with Gasteiger partial charge in [0.25, 0.3) is 0 Å². The Morgan fingerprint density at radius 2 is 1.81 bits per heavy atom. The van der Waals surface area contributed by atoms with Crippen molar-refractivity contribution in [2.45, 2.75) is 30.6 Å². The topological polar surface area (TPSA) is 69.7 Å². The van der Waals surface area contributed by atoms with E-state index in [2.05, 4.69) is 29.6 Å². The van der Waals surface area contributed by atoms with Crippen LogP contribution in [0.4, 0.5) is 10.1 Å². The van der Waals surface area contributed by atoms with Crippen LogP contribution in [-0.2, 0) is 21.2 Å². The smallest absolute Gasteiger partial charge is 0.243 e. The summed E-state index contributed by atoms with van der Waals surface area (Å²) in [5.74, 6) is -0.964. The number of nitrogens with one attached hydrogen (secondary N) is 1. The van der Waals surface area contributed by atoms with Crippen LogP contribution < -0.4 is 10.2 Å². The van der Waals surface area contributed by atoms with Crippen LogP contribution in [0.15, 0.2) is 53.4 Å². The van der Waals surface area contributed by atoms with E-state index in [0.717, 1.165) is 30.7 Å². The Morgan fingerprint density at radius 1 is 1.13 bits per heavy atom. The van der Waals surface area contributed by atoms with Crippen molar-refractivity contribution in [1.29, 1.82) is 0 Å². The van der Waals surface area contributed by atoms with Gasteiger partial charge in [-0.15, -0.1) is 0 Å². The van der Waals surface area contributed by atoms with Gasteiger partial charge in [-0.05, 0) is 67.6 Å². The van der Waals surface area contributed by atoms with Crippen LogP contribution in [0, 0.1) is 11.7 Å². The molecule has 1 saturated heterocycles. The quantitative estimate of drug-likeness (QED) is 0.632. The van der Waals surface area contributed by atoms with Crippen molar-refractivity contribution >= 4 is 21.6 Å². The molecule has 1 aliphatic rings. The van der Waals surface area contributed by atoms with Gasteiger partial charge in [-0.25, -0.2) is 12.8 Å². The second-order valence-electron chi connectivity index (χ2n) is 8.11. The minimum Gasteiger partial charge on any atom is -0.378 e. The number of carbonyl (C=O) groups is 1. The predicted octanol–water partition coefficient (Wildman–Crippen LogP) is 3.04. The molecule has 8 heteroatoms. The number of piperidine rings is 1. The van der Waals surface area contributed by atoms with Crippen molar-refractivity contribution < 1.29 is 17.6 Å². The van der Waals surface area contributed by atoms with Gasteiger partial charge in [-0.1, -0.05) is 12.1 Å². The first-order valence-electron chi connectivity index (χ1n) is 10.6. The number of hydrogen-bond acceptors (Lipinski definition) is 4. The molecule has 6 nitrogen and oxygen atoms in total. The molecule has 1 unspecified atom stereocenters. The molecule has 0 radical (unpaired) electrons. The van der Waals surface area contributed by atoms with Crippen molar-refractivity contribution in [1.82, 2.24) is 9.62 Å². The van der Waals surface area contributed by atoms with E-state index < -0.39 is 15.8 Å². The fraction of sp³-hybridized carbons (Fsp3) is 0.435. The van der Waals surface area contributed by atoms with E-state index in [1.807, 2.05) is 19.0 Å². The van der Waals surface area contributed by atoms with Crippen LogP contribution in [0.25, 0.3) is 0 Å². The summed E-state index contributed by atoms with van der Waals surface area (Å²) in [6.45, 7) is 1.07. The normalized spacial score (nSPS) is 17.3. The summed E-state index contributed by atoms with van der Waals surface area (Å²) >= 11 is 0. The lowest BCUT2D eigenvalue weighted by molar-refractivity contribution is -0.126. The van der Waals surface area contributed by atoms with Crippen molar-refractivity contribution in [3.05, 3.63) is 59.9 Å². The lowest BCUT2D eigenvalue weighted by Gasteiger charge is -2.31. The summed E-state index contributed by atoms with van der Waals surface area (Å²) in [5.41, 5.74) is 2.36. The molecule has 3 rings (SSSR count). The maximum atomic E-state index is 13.1. The molecule has 0 spiro atoms.